The average Bonchev–Trinajstić information content (AvgIpc) is 2.80. The molecule has 0 aliphatic rings. The smallest absolute Gasteiger partial charge is 0.169 e. The Kier molecular flexibility index (Phi) is 3.55. The van der Waals surface area contributed by atoms with Gasteiger partial charge in [-0.15, -0.1) is 11.3 Å². The summed E-state index contributed by atoms with van der Waals surface area (Å²) in [5, 5.41) is 1.50. The molecule has 0 aliphatic heterocycles. The van der Waals surface area contributed by atoms with Gasteiger partial charge in [-0.05, 0) is 42.8 Å². The minimum absolute atomic E-state index is 0.0817. The first-order valence-corrected chi connectivity index (χ1v) is 7.47. The van der Waals surface area contributed by atoms with Gasteiger partial charge in [0.05, 0.1) is 16.6 Å². The number of ketones is 1. The van der Waals surface area contributed by atoms with Gasteiger partial charge in [0, 0.05) is 10.6 Å². The molecule has 100 valence electrons. The highest BCUT2D eigenvalue weighted by Gasteiger charge is 2.13. The van der Waals surface area contributed by atoms with Crippen LogP contribution < -0.4 is 0 Å². The first-order valence-electron chi connectivity index (χ1n) is 6.27. The third-order valence-electron chi connectivity index (χ3n) is 3.14. The molecule has 0 N–H and O–H groups in total. The Morgan fingerprint density at radius 1 is 1.25 bits per heavy atom. The van der Waals surface area contributed by atoms with Crippen LogP contribution in [0.15, 0.2) is 42.5 Å². The van der Waals surface area contributed by atoms with Gasteiger partial charge in [-0.3, -0.25) is 4.79 Å². The van der Waals surface area contributed by atoms with Gasteiger partial charge in [-0.2, -0.15) is 0 Å². The van der Waals surface area contributed by atoms with Crippen molar-refractivity contribution in [2.75, 3.05) is 0 Å². The molecule has 0 amide bonds. The van der Waals surface area contributed by atoms with E-state index in [0.717, 1.165) is 20.8 Å². The largest absolute Gasteiger partial charge is 0.294 e. The molecular formula is C16H12ClNOS. The molecule has 3 rings (SSSR count). The maximum Gasteiger partial charge on any atom is 0.169 e. The zero-order valence-electron chi connectivity index (χ0n) is 10.9. The second-order valence-electron chi connectivity index (χ2n) is 4.63. The minimum atomic E-state index is 0.0817. The van der Waals surface area contributed by atoms with Crippen molar-refractivity contribution in [2.45, 2.75) is 13.3 Å². The van der Waals surface area contributed by atoms with E-state index in [2.05, 4.69) is 4.98 Å². The van der Waals surface area contributed by atoms with Gasteiger partial charge in [0.2, 0.25) is 0 Å². The van der Waals surface area contributed by atoms with Crippen molar-refractivity contribution < 1.29 is 4.79 Å². The number of thiazole rings is 1. The molecule has 1 heterocycles. The number of rotatable bonds is 3. The SMILES string of the molecule is Cc1cc(Cl)ccc1C(=O)Cc1nc2ccccc2s1. The Bertz CT molecular complexity index is 761. The van der Waals surface area contributed by atoms with Crippen LogP contribution in [0.4, 0.5) is 0 Å². The van der Waals surface area contributed by atoms with E-state index in [9.17, 15) is 4.79 Å². The van der Waals surface area contributed by atoms with Crippen LogP contribution in [0.25, 0.3) is 10.2 Å². The molecule has 4 heteroatoms. The van der Waals surface area contributed by atoms with Crippen molar-refractivity contribution in [1.82, 2.24) is 4.98 Å². The predicted molar refractivity (Wildman–Crippen MR) is 83.8 cm³/mol. The van der Waals surface area contributed by atoms with E-state index in [1.54, 1.807) is 23.5 Å². The summed E-state index contributed by atoms with van der Waals surface area (Å²) in [5.41, 5.74) is 2.57. The fraction of sp³-hybridized carbons (Fsp3) is 0.125. The van der Waals surface area contributed by atoms with E-state index in [4.69, 9.17) is 11.6 Å². The molecule has 3 aromatic rings. The lowest BCUT2D eigenvalue weighted by Crippen LogP contribution is -2.05. The van der Waals surface area contributed by atoms with Gasteiger partial charge in [0.25, 0.3) is 0 Å². The van der Waals surface area contributed by atoms with E-state index >= 15 is 0 Å². The van der Waals surface area contributed by atoms with E-state index < -0.39 is 0 Å². The zero-order chi connectivity index (χ0) is 14.1. The highest BCUT2D eigenvalue weighted by Crippen LogP contribution is 2.23. The van der Waals surface area contributed by atoms with Crippen molar-refractivity contribution in [1.29, 1.82) is 0 Å². The number of Topliss-reactive ketones (excluding diaryl/α,β-unsaturated/α-hetero) is 1. The summed E-state index contributed by atoms with van der Waals surface area (Å²) in [6.45, 7) is 1.90. The standard InChI is InChI=1S/C16H12ClNOS/c1-10-8-11(17)6-7-12(10)14(19)9-16-18-13-4-2-3-5-15(13)20-16/h2-8H,9H2,1H3. The molecule has 0 bridgehead atoms. The van der Waals surface area contributed by atoms with Crippen LogP contribution in [0.2, 0.25) is 5.02 Å². The van der Waals surface area contributed by atoms with Crippen molar-refractivity contribution >= 4 is 38.9 Å². The van der Waals surface area contributed by atoms with Gasteiger partial charge in [0.15, 0.2) is 5.78 Å². The van der Waals surface area contributed by atoms with E-state index in [0.29, 0.717) is 17.0 Å². The van der Waals surface area contributed by atoms with Crippen LogP contribution >= 0.6 is 22.9 Å². The monoisotopic (exact) mass is 301 g/mol. The fourth-order valence-electron chi connectivity index (χ4n) is 2.17. The van der Waals surface area contributed by atoms with E-state index in [1.165, 1.54) is 0 Å². The van der Waals surface area contributed by atoms with Crippen molar-refractivity contribution in [3.63, 3.8) is 0 Å². The molecule has 0 atom stereocenters. The first kappa shape index (κ1) is 13.3. The molecule has 0 fully saturated rings. The molecule has 0 saturated heterocycles. The van der Waals surface area contributed by atoms with Gasteiger partial charge < -0.3 is 0 Å². The van der Waals surface area contributed by atoms with Gasteiger partial charge in [-0.1, -0.05) is 23.7 Å². The lowest BCUT2D eigenvalue weighted by atomic mass is 10.0. The average molecular weight is 302 g/mol. The number of aryl methyl sites for hydroxylation is 1. The topological polar surface area (TPSA) is 30.0 Å². The molecule has 0 spiro atoms. The molecule has 0 saturated carbocycles. The number of hydrogen-bond acceptors (Lipinski definition) is 3. The van der Waals surface area contributed by atoms with Crippen LogP contribution in [-0.2, 0) is 6.42 Å². The number of aromatic nitrogens is 1. The molecular weight excluding hydrogens is 290 g/mol. The number of nitrogens with zero attached hydrogens (tertiary/aromatic N) is 1. The molecule has 2 nitrogen and oxygen atoms in total. The minimum Gasteiger partial charge on any atom is -0.294 e. The second kappa shape index (κ2) is 5.35. The van der Waals surface area contributed by atoms with E-state index in [1.807, 2.05) is 37.3 Å². The molecule has 1 aromatic heterocycles. The van der Waals surface area contributed by atoms with Gasteiger partial charge in [0.1, 0.15) is 5.01 Å². The van der Waals surface area contributed by atoms with Crippen LogP contribution in [0, 0.1) is 6.92 Å². The summed E-state index contributed by atoms with van der Waals surface area (Å²) in [4.78, 5) is 16.8. The maximum atomic E-state index is 12.3. The van der Waals surface area contributed by atoms with Crippen molar-refractivity contribution in [2.24, 2.45) is 0 Å². The predicted octanol–water partition coefficient (Wildman–Crippen LogP) is 4.68. The number of hydrogen-bond donors (Lipinski definition) is 0. The maximum absolute atomic E-state index is 12.3. The van der Waals surface area contributed by atoms with Gasteiger partial charge >= 0.3 is 0 Å². The Labute approximate surface area is 126 Å². The zero-order valence-corrected chi connectivity index (χ0v) is 12.5. The Morgan fingerprint density at radius 2 is 2.05 bits per heavy atom. The third-order valence-corrected chi connectivity index (χ3v) is 4.41. The fourth-order valence-corrected chi connectivity index (χ4v) is 3.36. The summed E-state index contributed by atoms with van der Waals surface area (Å²) in [6.07, 6.45) is 0.335. The highest BCUT2D eigenvalue weighted by molar-refractivity contribution is 7.18. The molecule has 0 unspecified atom stereocenters. The molecule has 20 heavy (non-hydrogen) atoms. The highest BCUT2D eigenvalue weighted by atomic mass is 35.5. The van der Waals surface area contributed by atoms with Gasteiger partial charge in [-0.25, -0.2) is 4.98 Å². The summed E-state index contributed by atoms with van der Waals surface area (Å²) < 4.78 is 1.11. The quantitative estimate of drug-likeness (QED) is 0.657. The number of halogens is 1. The summed E-state index contributed by atoms with van der Waals surface area (Å²) in [5.74, 6) is 0.0817. The number of carbonyl (C=O) groups is 1. The number of para-hydroxylation sites is 1. The number of benzene rings is 2. The summed E-state index contributed by atoms with van der Waals surface area (Å²) in [7, 11) is 0. The second-order valence-corrected chi connectivity index (χ2v) is 6.19. The van der Waals surface area contributed by atoms with E-state index in [-0.39, 0.29) is 5.78 Å². The summed E-state index contributed by atoms with van der Waals surface area (Å²) >= 11 is 7.48. The van der Waals surface area contributed by atoms with Crippen LogP contribution in [0.3, 0.4) is 0 Å². The number of fused-ring (bicyclic) bond motifs is 1. The number of carbonyl (C=O) groups excluding carboxylic acids is 1. The van der Waals surface area contributed by atoms with Crippen LogP contribution in [0.1, 0.15) is 20.9 Å². The molecule has 2 aromatic carbocycles. The molecule has 0 radical (unpaired) electrons. The lowest BCUT2D eigenvalue weighted by molar-refractivity contribution is 0.0992. The van der Waals surface area contributed by atoms with Crippen molar-refractivity contribution in [3.05, 3.63) is 63.6 Å². The third kappa shape index (κ3) is 2.60. The van der Waals surface area contributed by atoms with Crippen LogP contribution in [0.5, 0.6) is 0 Å². The Hall–Kier alpha value is -1.71. The molecule has 0 aliphatic carbocycles. The van der Waals surface area contributed by atoms with Crippen LogP contribution in [-0.4, -0.2) is 10.8 Å². The lowest BCUT2D eigenvalue weighted by Gasteiger charge is -2.03. The summed E-state index contributed by atoms with van der Waals surface area (Å²) in [6, 6.07) is 13.3. The normalized spacial score (nSPS) is 10.9. The Morgan fingerprint density at radius 3 is 2.80 bits per heavy atom. The first-order chi connectivity index (χ1) is 9.63. The Balaban J connectivity index is 1.88. The van der Waals surface area contributed by atoms with Crippen molar-refractivity contribution in [3.8, 4) is 0 Å².